The van der Waals surface area contributed by atoms with Crippen molar-refractivity contribution in [2.45, 2.75) is 52.5 Å². The molecule has 0 aliphatic heterocycles. The normalized spacial score (nSPS) is 10.0. The molecule has 0 radical (unpaired) electrons. The van der Waals surface area contributed by atoms with Crippen LogP contribution in [0.2, 0.25) is 0 Å². The summed E-state index contributed by atoms with van der Waals surface area (Å²) in [6.45, 7) is 5.83. The Hall–Kier alpha value is -1.96. The number of amides is 1. The van der Waals surface area contributed by atoms with Gasteiger partial charge in [-0.05, 0) is 19.9 Å². The summed E-state index contributed by atoms with van der Waals surface area (Å²) in [4.78, 5) is 41.1. The van der Waals surface area contributed by atoms with Gasteiger partial charge in [0.15, 0.2) is 0 Å². The van der Waals surface area contributed by atoms with E-state index in [-0.39, 0.29) is 25.3 Å². The van der Waals surface area contributed by atoms with Crippen LogP contribution in [0.15, 0.2) is 0 Å². The van der Waals surface area contributed by atoms with Crippen molar-refractivity contribution < 1.29 is 29.4 Å². The second kappa shape index (κ2) is 19.0. The van der Waals surface area contributed by atoms with Crippen molar-refractivity contribution in [1.29, 1.82) is 0 Å². The molecule has 0 aliphatic carbocycles. The van der Waals surface area contributed by atoms with Crippen molar-refractivity contribution in [2.75, 3.05) is 13.6 Å². The molecular formula is C14H28N2O6. The molecule has 1 amide bonds. The Labute approximate surface area is 131 Å². The van der Waals surface area contributed by atoms with E-state index in [4.69, 9.17) is 10.2 Å². The highest BCUT2D eigenvalue weighted by Gasteiger charge is 2.09. The van der Waals surface area contributed by atoms with E-state index in [0.29, 0.717) is 19.1 Å². The molecule has 0 fully saturated rings. The molecular weight excluding hydrogens is 292 g/mol. The van der Waals surface area contributed by atoms with Gasteiger partial charge >= 0.3 is 11.9 Å². The van der Waals surface area contributed by atoms with Gasteiger partial charge in [-0.1, -0.05) is 20.8 Å². The molecule has 0 saturated carbocycles. The summed E-state index contributed by atoms with van der Waals surface area (Å²) in [6.07, 6.45) is 1.65. The summed E-state index contributed by atoms with van der Waals surface area (Å²) in [5.41, 5.74) is 0. The van der Waals surface area contributed by atoms with Gasteiger partial charge in [-0.25, -0.2) is 0 Å². The first kappa shape index (κ1) is 25.0. The zero-order valence-corrected chi connectivity index (χ0v) is 13.7. The first-order valence-electron chi connectivity index (χ1n) is 7.20. The molecule has 22 heavy (non-hydrogen) atoms. The number of likely N-dealkylation sites (N-methyl/N-ethyl adjacent to an activating group) is 1. The van der Waals surface area contributed by atoms with Crippen molar-refractivity contribution >= 4 is 24.1 Å². The number of carbonyl (C=O) groups is 4. The zero-order valence-electron chi connectivity index (χ0n) is 13.7. The number of hydrogen-bond acceptors (Lipinski definition) is 5. The highest BCUT2D eigenvalue weighted by molar-refractivity contribution is 5.80. The van der Waals surface area contributed by atoms with Crippen LogP contribution < -0.4 is 10.6 Å². The molecule has 0 aromatic rings. The Morgan fingerprint density at radius 2 is 1.64 bits per heavy atom. The maximum Gasteiger partial charge on any atom is 0.317 e. The Balaban J connectivity index is -0.000000378. The maximum atomic E-state index is 11.1. The highest BCUT2D eigenvalue weighted by Crippen LogP contribution is 1.96. The highest BCUT2D eigenvalue weighted by atomic mass is 16.4. The largest absolute Gasteiger partial charge is 0.481 e. The number of carbonyl (C=O) groups excluding carboxylic acids is 2. The lowest BCUT2D eigenvalue weighted by Crippen LogP contribution is -2.35. The lowest BCUT2D eigenvalue weighted by molar-refractivity contribution is -0.137. The summed E-state index contributed by atoms with van der Waals surface area (Å²) < 4.78 is 0. The van der Waals surface area contributed by atoms with Crippen molar-refractivity contribution in [3.8, 4) is 0 Å². The zero-order chi connectivity index (χ0) is 18.0. The number of hydrogen-bond donors (Lipinski definition) is 4. The fraction of sp³-hybridized carbons (Fsp3) is 0.714. The Kier molecular flexibility index (Phi) is 21.7. The molecule has 8 nitrogen and oxygen atoms in total. The van der Waals surface area contributed by atoms with Crippen LogP contribution in [0.1, 0.15) is 46.5 Å². The van der Waals surface area contributed by atoms with E-state index < -0.39 is 18.0 Å². The van der Waals surface area contributed by atoms with Gasteiger partial charge in [0.2, 0.25) is 5.91 Å². The van der Waals surface area contributed by atoms with Gasteiger partial charge in [0.1, 0.15) is 6.29 Å². The third-order valence-electron chi connectivity index (χ3n) is 2.07. The number of nitrogens with one attached hydrogen (secondary N) is 2. The predicted molar refractivity (Wildman–Crippen MR) is 82.7 cm³/mol. The molecule has 0 saturated heterocycles. The molecule has 0 aromatic heterocycles. The van der Waals surface area contributed by atoms with Crippen molar-refractivity contribution in [2.24, 2.45) is 0 Å². The lowest BCUT2D eigenvalue weighted by Gasteiger charge is -2.09. The van der Waals surface area contributed by atoms with E-state index in [1.54, 1.807) is 14.0 Å². The van der Waals surface area contributed by atoms with Crippen LogP contribution in [-0.2, 0) is 19.2 Å². The molecule has 0 spiro atoms. The molecule has 0 aromatic carbocycles. The number of rotatable bonds is 9. The molecule has 4 N–H and O–H groups in total. The monoisotopic (exact) mass is 320 g/mol. The van der Waals surface area contributed by atoms with Crippen molar-refractivity contribution in [1.82, 2.24) is 10.6 Å². The van der Waals surface area contributed by atoms with Gasteiger partial charge in [-0.15, -0.1) is 0 Å². The standard InChI is InChI=1S/C9H15NO4.C3H7NO2.C2H6/c1-2-7(6-11)10-8(12)4-3-5-9(13)14;1-4-2-3(5)6;1-2/h6-7H,2-5H2,1H3,(H,10,12)(H,13,14);4H,2H2,1H3,(H,5,6);1-2H3. The van der Waals surface area contributed by atoms with Gasteiger partial charge < -0.3 is 25.6 Å². The molecule has 1 unspecified atom stereocenters. The maximum absolute atomic E-state index is 11.1. The molecule has 0 aliphatic rings. The van der Waals surface area contributed by atoms with Gasteiger partial charge in [0.05, 0.1) is 12.6 Å². The number of aldehydes is 1. The van der Waals surface area contributed by atoms with Gasteiger partial charge in [0, 0.05) is 12.8 Å². The Morgan fingerprint density at radius 3 is 1.91 bits per heavy atom. The minimum Gasteiger partial charge on any atom is -0.481 e. The summed E-state index contributed by atoms with van der Waals surface area (Å²) in [6, 6.07) is -0.452. The summed E-state index contributed by atoms with van der Waals surface area (Å²) >= 11 is 0. The molecule has 8 heteroatoms. The first-order chi connectivity index (χ1) is 10.4. The average molecular weight is 320 g/mol. The third kappa shape index (κ3) is 23.2. The second-order valence-corrected chi connectivity index (χ2v) is 3.89. The molecule has 130 valence electrons. The fourth-order valence-corrected chi connectivity index (χ4v) is 1.06. The van der Waals surface area contributed by atoms with Gasteiger partial charge in [-0.3, -0.25) is 14.4 Å². The molecule has 0 heterocycles. The van der Waals surface area contributed by atoms with Gasteiger partial charge in [-0.2, -0.15) is 0 Å². The van der Waals surface area contributed by atoms with Crippen LogP contribution in [0.25, 0.3) is 0 Å². The van der Waals surface area contributed by atoms with Crippen LogP contribution in [0.5, 0.6) is 0 Å². The summed E-state index contributed by atoms with van der Waals surface area (Å²) in [7, 11) is 1.59. The summed E-state index contributed by atoms with van der Waals surface area (Å²) in [5.74, 6) is -2.01. The van der Waals surface area contributed by atoms with Crippen molar-refractivity contribution in [3.63, 3.8) is 0 Å². The number of carboxylic acid groups (broad SMARTS) is 2. The Morgan fingerprint density at radius 1 is 1.09 bits per heavy atom. The second-order valence-electron chi connectivity index (χ2n) is 3.89. The van der Waals surface area contributed by atoms with Crippen LogP contribution in [0, 0.1) is 0 Å². The van der Waals surface area contributed by atoms with E-state index in [1.165, 1.54) is 0 Å². The fourth-order valence-electron chi connectivity index (χ4n) is 1.06. The first-order valence-corrected chi connectivity index (χ1v) is 7.20. The predicted octanol–water partition coefficient (Wildman–Crippen LogP) is 0.652. The van der Waals surface area contributed by atoms with E-state index in [1.807, 2.05) is 13.8 Å². The molecule has 0 rings (SSSR count). The SMILES string of the molecule is CC.CCC(C=O)NC(=O)CCCC(=O)O.CNCC(=O)O. The minimum atomic E-state index is -0.916. The van der Waals surface area contributed by atoms with Crippen LogP contribution in [0.4, 0.5) is 0 Å². The van der Waals surface area contributed by atoms with Crippen LogP contribution in [0.3, 0.4) is 0 Å². The number of aliphatic carboxylic acids is 2. The van der Waals surface area contributed by atoms with E-state index in [0.717, 1.165) is 0 Å². The van der Waals surface area contributed by atoms with Crippen LogP contribution >= 0.6 is 0 Å². The minimum absolute atomic E-state index is 0.0225. The van der Waals surface area contributed by atoms with E-state index >= 15 is 0 Å². The smallest absolute Gasteiger partial charge is 0.317 e. The van der Waals surface area contributed by atoms with Crippen LogP contribution in [-0.4, -0.2) is 54.0 Å². The third-order valence-corrected chi connectivity index (χ3v) is 2.07. The Bertz CT molecular complexity index is 320. The summed E-state index contributed by atoms with van der Waals surface area (Å²) in [5, 5.41) is 21.1. The molecule has 0 bridgehead atoms. The average Bonchev–Trinajstić information content (AvgIpc) is 2.47. The topological polar surface area (TPSA) is 133 Å². The van der Waals surface area contributed by atoms with Crippen molar-refractivity contribution in [3.05, 3.63) is 0 Å². The van der Waals surface area contributed by atoms with Gasteiger partial charge in [0.25, 0.3) is 0 Å². The van der Waals surface area contributed by atoms with E-state index in [2.05, 4.69) is 10.6 Å². The quantitative estimate of drug-likeness (QED) is 0.458. The lowest BCUT2D eigenvalue weighted by atomic mass is 10.2. The molecule has 1 atom stereocenters. The van der Waals surface area contributed by atoms with E-state index in [9.17, 15) is 19.2 Å². The number of carboxylic acids is 2.